The van der Waals surface area contributed by atoms with Gasteiger partial charge in [-0.25, -0.2) is 4.39 Å². The van der Waals surface area contributed by atoms with Crippen LogP contribution < -0.4 is 11.1 Å². The first-order chi connectivity index (χ1) is 9.99. The Morgan fingerprint density at radius 1 is 1.19 bits per heavy atom. The van der Waals surface area contributed by atoms with E-state index in [1.807, 2.05) is 31.2 Å². The number of hydrogen-bond acceptors (Lipinski definition) is 2. The van der Waals surface area contributed by atoms with Crippen LogP contribution in [0.1, 0.15) is 27.0 Å². The van der Waals surface area contributed by atoms with E-state index in [-0.39, 0.29) is 5.56 Å². The maximum absolute atomic E-state index is 13.9. The molecule has 2 rings (SSSR count). The third-order valence-electron chi connectivity index (χ3n) is 3.46. The second-order valence-corrected chi connectivity index (χ2v) is 5.13. The molecule has 21 heavy (non-hydrogen) atoms. The van der Waals surface area contributed by atoms with E-state index in [4.69, 9.17) is 5.73 Å². The predicted octanol–water partition coefficient (Wildman–Crippen LogP) is 3.00. The van der Waals surface area contributed by atoms with Crippen LogP contribution in [0.3, 0.4) is 0 Å². The second kappa shape index (κ2) is 6.39. The lowest BCUT2D eigenvalue weighted by Crippen LogP contribution is -2.27. The van der Waals surface area contributed by atoms with Crippen LogP contribution in [0.2, 0.25) is 0 Å². The van der Waals surface area contributed by atoms with E-state index in [1.165, 1.54) is 23.3 Å². The van der Waals surface area contributed by atoms with Gasteiger partial charge in [-0.1, -0.05) is 24.3 Å². The van der Waals surface area contributed by atoms with Gasteiger partial charge in [-0.2, -0.15) is 0 Å². The Morgan fingerprint density at radius 3 is 2.62 bits per heavy atom. The highest BCUT2D eigenvalue weighted by atomic mass is 19.1. The summed E-state index contributed by atoms with van der Waals surface area (Å²) in [5.74, 6) is -0.950. The molecule has 0 spiro atoms. The molecule has 0 bridgehead atoms. The van der Waals surface area contributed by atoms with E-state index >= 15 is 0 Å². The van der Waals surface area contributed by atoms with Gasteiger partial charge in [0.15, 0.2) is 0 Å². The Bertz CT molecular complexity index is 668. The summed E-state index contributed by atoms with van der Waals surface area (Å²) in [6, 6.07) is 10.9. The number of aryl methyl sites for hydroxylation is 2. The molecule has 0 radical (unpaired) electrons. The molecule has 2 aromatic rings. The molecular weight excluding hydrogens is 267 g/mol. The highest BCUT2D eigenvalue weighted by Crippen LogP contribution is 2.17. The first-order valence-electron chi connectivity index (χ1n) is 6.87. The minimum atomic E-state index is -0.516. The number of nitrogens with one attached hydrogen (secondary N) is 1. The molecule has 0 heterocycles. The maximum atomic E-state index is 13.9. The Morgan fingerprint density at radius 2 is 1.90 bits per heavy atom. The van der Waals surface area contributed by atoms with E-state index in [1.54, 1.807) is 6.92 Å². The van der Waals surface area contributed by atoms with Crippen LogP contribution in [0, 0.1) is 19.7 Å². The fraction of sp³-hybridized carbons (Fsp3) is 0.235. The second-order valence-electron chi connectivity index (χ2n) is 5.13. The highest BCUT2D eigenvalue weighted by molar-refractivity contribution is 5.95. The molecule has 0 aliphatic rings. The monoisotopic (exact) mass is 286 g/mol. The lowest BCUT2D eigenvalue weighted by molar-refractivity contribution is 0.0950. The summed E-state index contributed by atoms with van der Waals surface area (Å²) in [4.78, 5) is 12.0. The number of hydrogen-bond donors (Lipinski definition) is 2. The van der Waals surface area contributed by atoms with Crippen molar-refractivity contribution >= 4 is 11.6 Å². The van der Waals surface area contributed by atoms with Crippen molar-refractivity contribution < 1.29 is 9.18 Å². The Balaban J connectivity index is 2.01. The summed E-state index contributed by atoms with van der Waals surface area (Å²) in [7, 11) is 0. The molecule has 0 atom stereocenters. The average Bonchev–Trinajstić information content (AvgIpc) is 2.44. The SMILES string of the molecule is Cc1ccccc1CCNC(=O)c1cc(N)cc(C)c1F. The van der Waals surface area contributed by atoms with Gasteiger partial charge in [0, 0.05) is 12.2 Å². The lowest BCUT2D eigenvalue weighted by atomic mass is 10.1. The molecule has 4 heteroatoms. The van der Waals surface area contributed by atoms with Crippen LogP contribution in [0.25, 0.3) is 0 Å². The fourth-order valence-electron chi connectivity index (χ4n) is 2.26. The van der Waals surface area contributed by atoms with Crippen molar-refractivity contribution in [1.29, 1.82) is 0 Å². The van der Waals surface area contributed by atoms with E-state index in [9.17, 15) is 9.18 Å². The summed E-state index contributed by atoms with van der Waals surface area (Å²) in [6.07, 6.45) is 0.710. The van der Waals surface area contributed by atoms with Crippen molar-refractivity contribution in [3.63, 3.8) is 0 Å². The highest BCUT2D eigenvalue weighted by Gasteiger charge is 2.14. The largest absolute Gasteiger partial charge is 0.399 e. The number of nitrogens with two attached hydrogens (primary N) is 1. The molecule has 0 aliphatic carbocycles. The average molecular weight is 286 g/mol. The van der Waals surface area contributed by atoms with Crippen molar-refractivity contribution in [2.24, 2.45) is 0 Å². The van der Waals surface area contributed by atoms with Crippen LogP contribution in [-0.4, -0.2) is 12.5 Å². The Hall–Kier alpha value is -2.36. The molecule has 0 saturated carbocycles. The molecule has 0 unspecified atom stereocenters. The Kier molecular flexibility index (Phi) is 4.58. The molecule has 3 N–H and O–H groups in total. The van der Waals surface area contributed by atoms with Crippen molar-refractivity contribution in [3.8, 4) is 0 Å². The normalized spacial score (nSPS) is 10.4. The minimum Gasteiger partial charge on any atom is -0.399 e. The van der Waals surface area contributed by atoms with Gasteiger partial charge in [0.2, 0.25) is 0 Å². The predicted molar refractivity (Wildman–Crippen MR) is 82.8 cm³/mol. The van der Waals surface area contributed by atoms with Gasteiger partial charge in [-0.15, -0.1) is 0 Å². The lowest BCUT2D eigenvalue weighted by Gasteiger charge is -2.10. The number of halogens is 1. The smallest absolute Gasteiger partial charge is 0.254 e. The zero-order valence-electron chi connectivity index (χ0n) is 12.2. The number of nitrogen functional groups attached to an aromatic ring is 1. The number of amides is 1. The Labute approximate surface area is 124 Å². The third-order valence-corrected chi connectivity index (χ3v) is 3.46. The van der Waals surface area contributed by atoms with E-state index in [0.717, 1.165) is 0 Å². The van der Waals surface area contributed by atoms with E-state index in [0.29, 0.717) is 24.2 Å². The molecule has 0 fully saturated rings. The maximum Gasteiger partial charge on any atom is 0.254 e. The van der Waals surface area contributed by atoms with Crippen molar-refractivity contribution in [2.45, 2.75) is 20.3 Å². The summed E-state index contributed by atoms with van der Waals surface area (Å²) >= 11 is 0. The zero-order chi connectivity index (χ0) is 15.4. The molecular formula is C17H19FN2O. The van der Waals surface area contributed by atoms with Crippen LogP contribution >= 0.6 is 0 Å². The van der Waals surface area contributed by atoms with Gasteiger partial charge in [0.05, 0.1) is 5.56 Å². The number of benzene rings is 2. The topological polar surface area (TPSA) is 55.1 Å². The molecule has 0 aliphatic heterocycles. The molecule has 3 nitrogen and oxygen atoms in total. The van der Waals surface area contributed by atoms with Crippen molar-refractivity contribution in [3.05, 3.63) is 64.5 Å². The van der Waals surface area contributed by atoms with Crippen molar-refractivity contribution in [1.82, 2.24) is 5.32 Å². The van der Waals surface area contributed by atoms with Gasteiger partial charge < -0.3 is 11.1 Å². The standard InChI is InChI=1S/C17H19FN2O/c1-11-5-3-4-6-13(11)7-8-20-17(21)15-10-14(19)9-12(2)16(15)18/h3-6,9-10H,7-8,19H2,1-2H3,(H,20,21). The summed E-state index contributed by atoms with van der Waals surface area (Å²) in [6.45, 7) is 4.07. The van der Waals surface area contributed by atoms with Gasteiger partial charge in [-0.05, 0) is 49.1 Å². The van der Waals surface area contributed by atoms with Gasteiger partial charge in [0.1, 0.15) is 5.82 Å². The quantitative estimate of drug-likeness (QED) is 0.849. The molecule has 0 saturated heterocycles. The number of anilines is 1. The van der Waals surface area contributed by atoms with Gasteiger partial charge in [-0.3, -0.25) is 4.79 Å². The summed E-state index contributed by atoms with van der Waals surface area (Å²) in [5, 5.41) is 2.74. The molecule has 0 aromatic heterocycles. The molecule has 2 aromatic carbocycles. The zero-order valence-corrected chi connectivity index (χ0v) is 12.2. The molecule has 1 amide bonds. The van der Waals surface area contributed by atoms with Gasteiger partial charge >= 0.3 is 0 Å². The minimum absolute atomic E-state index is 0.00252. The van der Waals surface area contributed by atoms with Gasteiger partial charge in [0.25, 0.3) is 5.91 Å². The number of rotatable bonds is 4. The van der Waals surface area contributed by atoms with Crippen LogP contribution in [-0.2, 0) is 6.42 Å². The van der Waals surface area contributed by atoms with E-state index in [2.05, 4.69) is 5.32 Å². The van der Waals surface area contributed by atoms with Crippen LogP contribution in [0.15, 0.2) is 36.4 Å². The van der Waals surface area contributed by atoms with Crippen LogP contribution in [0.4, 0.5) is 10.1 Å². The number of carbonyl (C=O) groups is 1. The number of carbonyl (C=O) groups excluding carboxylic acids is 1. The first kappa shape index (κ1) is 15.0. The van der Waals surface area contributed by atoms with Crippen molar-refractivity contribution in [2.75, 3.05) is 12.3 Å². The fourth-order valence-corrected chi connectivity index (χ4v) is 2.26. The van der Waals surface area contributed by atoms with Crippen LogP contribution in [0.5, 0.6) is 0 Å². The first-order valence-corrected chi connectivity index (χ1v) is 6.87. The molecule has 110 valence electrons. The summed E-state index contributed by atoms with van der Waals surface area (Å²) in [5.41, 5.74) is 8.76. The summed E-state index contributed by atoms with van der Waals surface area (Å²) < 4.78 is 13.9. The third kappa shape index (κ3) is 3.60. The van der Waals surface area contributed by atoms with E-state index < -0.39 is 11.7 Å².